The van der Waals surface area contributed by atoms with E-state index < -0.39 is 16.2 Å². The fraction of sp³-hybridized carbons (Fsp3) is 0.125. The number of aryl methyl sites for hydroxylation is 1. The van der Waals surface area contributed by atoms with Gasteiger partial charge >= 0.3 is 10.2 Å². The van der Waals surface area contributed by atoms with E-state index in [2.05, 4.69) is 9.12 Å². The molecule has 0 radical (unpaired) electrons. The summed E-state index contributed by atoms with van der Waals surface area (Å²) >= 11 is 0. The minimum absolute atomic E-state index is 0.447. The van der Waals surface area contributed by atoms with Crippen LogP contribution in [0.4, 0.5) is 5.69 Å². The van der Waals surface area contributed by atoms with Gasteiger partial charge in [-0.1, -0.05) is 18.2 Å². The van der Waals surface area contributed by atoms with Gasteiger partial charge in [0.15, 0.2) is 0 Å². The zero-order chi connectivity index (χ0) is 11.5. The predicted octanol–water partition coefficient (Wildman–Crippen LogP) is -0.0749. The second kappa shape index (κ2) is 4.18. The predicted molar refractivity (Wildman–Crippen MR) is 59.5 cm³/mol. The summed E-state index contributed by atoms with van der Waals surface area (Å²) in [6.45, 7) is 1.77. The van der Waals surface area contributed by atoms with Gasteiger partial charge in [0.2, 0.25) is 5.96 Å². The van der Waals surface area contributed by atoms with Gasteiger partial charge in [-0.2, -0.15) is 8.42 Å². The standard InChI is InChI=1S/C8H12N4O2S/c1-6-4-2-3-5-7(6)11-15(13,14)12-8(9)10/h2-5,11H,1H3,(H4,9,10,12). The number of hydrogen-bond donors (Lipinski definition) is 3. The lowest BCUT2D eigenvalue weighted by Gasteiger charge is -2.06. The van der Waals surface area contributed by atoms with Crippen molar-refractivity contribution in [3.8, 4) is 0 Å². The Kier molecular flexibility index (Phi) is 3.15. The van der Waals surface area contributed by atoms with Gasteiger partial charge in [0.25, 0.3) is 0 Å². The molecule has 0 aliphatic carbocycles. The van der Waals surface area contributed by atoms with Gasteiger partial charge in [-0.05, 0) is 18.6 Å². The molecule has 0 amide bonds. The highest BCUT2D eigenvalue weighted by Crippen LogP contribution is 2.14. The van der Waals surface area contributed by atoms with Crippen molar-refractivity contribution in [3.63, 3.8) is 0 Å². The molecule has 0 fully saturated rings. The minimum Gasteiger partial charge on any atom is -0.369 e. The highest BCUT2D eigenvalue weighted by molar-refractivity contribution is 7.91. The van der Waals surface area contributed by atoms with Crippen LogP contribution in [0.5, 0.6) is 0 Å². The maximum atomic E-state index is 11.3. The molecule has 0 saturated heterocycles. The summed E-state index contributed by atoms with van der Waals surface area (Å²) in [5.74, 6) is -0.504. The van der Waals surface area contributed by atoms with Gasteiger partial charge in [-0.25, -0.2) is 0 Å². The van der Waals surface area contributed by atoms with E-state index >= 15 is 0 Å². The van der Waals surface area contributed by atoms with E-state index in [1.54, 1.807) is 31.2 Å². The fourth-order valence-corrected chi connectivity index (χ4v) is 1.82. The van der Waals surface area contributed by atoms with E-state index in [1.807, 2.05) is 0 Å². The van der Waals surface area contributed by atoms with Crippen molar-refractivity contribution in [1.29, 1.82) is 0 Å². The van der Waals surface area contributed by atoms with Gasteiger partial charge in [-0.15, -0.1) is 4.40 Å². The molecule has 1 aromatic carbocycles. The summed E-state index contributed by atoms with van der Waals surface area (Å²) < 4.78 is 27.9. The molecule has 7 heteroatoms. The first-order valence-electron chi connectivity index (χ1n) is 4.10. The van der Waals surface area contributed by atoms with Crippen molar-refractivity contribution in [1.82, 2.24) is 0 Å². The van der Waals surface area contributed by atoms with E-state index in [0.717, 1.165) is 5.56 Å². The molecule has 15 heavy (non-hydrogen) atoms. The normalized spacial score (nSPS) is 10.7. The second-order valence-electron chi connectivity index (χ2n) is 2.91. The van der Waals surface area contributed by atoms with Crippen LogP contribution in [-0.4, -0.2) is 14.4 Å². The summed E-state index contributed by atoms with van der Waals surface area (Å²) in [6.07, 6.45) is 0. The number of hydrogen-bond acceptors (Lipinski definition) is 2. The highest BCUT2D eigenvalue weighted by atomic mass is 32.2. The number of anilines is 1. The van der Waals surface area contributed by atoms with Crippen molar-refractivity contribution < 1.29 is 8.42 Å². The Labute approximate surface area is 88.2 Å². The van der Waals surface area contributed by atoms with Crippen LogP contribution in [0.2, 0.25) is 0 Å². The largest absolute Gasteiger partial charge is 0.369 e. The Balaban J connectivity index is 2.98. The molecule has 0 bridgehead atoms. The highest BCUT2D eigenvalue weighted by Gasteiger charge is 2.09. The number of para-hydroxylation sites is 1. The van der Waals surface area contributed by atoms with Crippen molar-refractivity contribution in [3.05, 3.63) is 29.8 Å². The van der Waals surface area contributed by atoms with Crippen LogP contribution in [0.25, 0.3) is 0 Å². The Bertz CT molecular complexity index is 477. The monoisotopic (exact) mass is 228 g/mol. The van der Waals surface area contributed by atoms with Crippen LogP contribution in [-0.2, 0) is 10.2 Å². The quantitative estimate of drug-likeness (QED) is 0.496. The van der Waals surface area contributed by atoms with Crippen LogP contribution in [0, 0.1) is 6.92 Å². The third kappa shape index (κ3) is 3.47. The number of nitrogens with two attached hydrogens (primary N) is 2. The summed E-state index contributed by atoms with van der Waals surface area (Å²) in [6, 6.07) is 6.90. The average Bonchev–Trinajstić information content (AvgIpc) is 2.06. The Hall–Kier alpha value is -1.76. The van der Waals surface area contributed by atoms with E-state index in [9.17, 15) is 8.42 Å². The smallest absolute Gasteiger partial charge is 0.345 e. The van der Waals surface area contributed by atoms with Gasteiger partial charge < -0.3 is 11.5 Å². The van der Waals surface area contributed by atoms with Gasteiger partial charge in [0.1, 0.15) is 0 Å². The number of nitrogens with one attached hydrogen (secondary N) is 1. The van der Waals surface area contributed by atoms with E-state index in [1.165, 1.54) is 0 Å². The van der Waals surface area contributed by atoms with Crippen LogP contribution < -0.4 is 16.2 Å². The average molecular weight is 228 g/mol. The van der Waals surface area contributed by atoms with Crippen LogP contribution in [0.3, 0.4) is 0 Å². The van der Waals surface area contributed by atoms with Crippen LogP contribution >= 0.6 is 0 Å². The van der Waals surface area contributed by atoms with Crippen molar-refractivity contribution in [2.24, 2.45) is 15.9 Å². The molecular weight excluding hydrogens is 216 g/mol. The number of rotatable bonds is 3. The van der Waals surface area contributed by atoms with Gasteiger partial charge in [0.05, 0.1) is 5.69 Å². The van der Waals surface area contributed by atoms with E-state index in [0.29, 0.717) is 5.69 Å². The molecule has 1 rings (SSSR count). The van der Waals surface area contributed by atoms with Gasteiger partial charge in [0, 0.05) is 0 Å². The molecule has 0 aliphatic rings. The molecule has 0 atom stereocenters. The second-order valence-corrected chi connectivity index (χ2v) is 4.25. The fourth-order valence-electron chi connectivity index (χ4n) is 0.988. The molecule has 5 N–H and O–H groups in total. The lowest BCUT2D eigenvalue weighted by molar-refractivity contribution is 0.603. The third-order valence-electron chi connectivity index (χ3n) is 1.61. The molecule has 0 aliphatic heterocycles. The maximum Gasteiger partial charge on any atom is 0.345 e. The Morgan fingerprint density at radius 2 is 1.93 bits per heavy atom. The number of nitrogens with zero attached hydrogens (tertiary/aromatic N) is 1. The zero-order valence-electron chi connectivity index (χ0n) is 8.14. The molecule has 0 heterocycles. The zero-order valence-corrected chi connectivity index (χ0v) is 8.95. The summed E-state index contributed by atoms with van der Waals surface area (Å²) in [7, 11) is -3.87. The summed E-state index contributed by atoms with van der Waals surface area (Å²) in [4.78, 5) is 0. The van der Waals surface area contributed by atoms with Gasteiger partial charge in [-0.3, -0.25) is 4.72 Å². The SMILES string of the molecule is Cc1ccccc1NS(=O)(=O)N=C(N)N. The molecule has 6 nitrogen and oxygen atoms in total. The summed E-state index contributed by atoms with van der Waals surface area (Å²) in [5, 5.41) is 0. The minimum atomic E-state index is -3.87. The van der Waals surface area contributed by atoms with Crippen molar-refractivity contribution >= 4 is 21.9 Å². The Morgan fingerprint density at radius 1 is 1.33 bits per heavy atom. The summed E-state index contributed by atoms with van der Waals surface area (Å²) in [5.41, 5.74) is 11.2. The molecule has 82 valence electrons. The molecule has 1 aromatic rings. The van der Waals surface area contributed by atoms with E-state index in [4.69, 9.17) is 11.5 Å². The topological polar surface area (TPSA) is 111 Å². The molecular formula is C8H12N4O2S. The first-order chi connectivity index (χ1) is 6.91. The first-order valence-corrected chi connectivity index (χ1v) is 5.54. The van der Waals surface area contributed by atoms with Crippen molar-refractivity contribution in [2.45, 2.75) is 6.92 Å². The molecule has 0 unspecified atom stereocenters. The number of benzene rings is 1. The van der Waals surface area contributed by atoms with Crippen LogP contribution in [0.1, 0.15) is 5.56 Å². The Morgan fingerprint density at radius 3 is 2.47 bits per heavy atom. The number of guanidine groups is 1. The third-order valence-corrected chi connectivity index (χ3v) is 2.54. The first kappa shape index (κ1) is 11.3. The van der Waals surface area contributed by atoms with Crippen molar-refractivity contribution in [2.75, 3.05) is 4.72 Å². The lowest BCUT2D eigenvalue weighted by Crippen LogP contribution is -2.26. The lowest BCUT2D eigenvalue weighted by atomic mass is 10.2. The molecule has 0 aromatic heterocycles. The maximum absolute atomic E-state index is 11.3. The van der Waals surface area contributed by atoms with Crippen LogP contribution in [0.15, 0.2) is 28.7 Å². The molecule has 0 saturated carbocycles. The van der Waals surface area contributed by atoms with E-state index in [-0.39, 0.29) is 0 Å². The molecule has 0 spiro atoms.